The van der Waals surface area contributed by atoms with Crippen LogP contribution in [0.4, 0.5) is 11.6 Å². The molecule has 1 atom stereocenters. The molecule has 194 valence electrons. The standard InChI is InChI=1S/C28H30N8OS/c29-23-18-5-2-1-4-17(18)14-27(23)9-12-36(13-10-27)20-15-31-21-24(32-20)34-35-26(21)38-19-6-11-30-25-22(19)37-16-28(33-25)7-3-8-28/h1-2,4-6,11,15,23H,3,7-10,12-14,16,29H2,(H,30,33)(H,32,34,35)/t23-/m1/s1. The van der Waals surface area contributed by atoms with E-state index >= 15 is 0 Å². The van der Waals surface area contributed by atoms with Crippen LogP contribution < -0.4 is 20.7 Å². The summed E-state index contributed by atoms with van der Waals surface area (Å²) in [6, 6.07) is 10.7. The Bertz CT molecular complexity index is 1540. The second-order valence-corrected chi connectivity index (χ2v) is 12.3. The van der Waals surface area contributed by atoms with Crippen molar-refractivity contribution >= 4 is 34.6 Å². The molecule has 9 nitrogen and oxygen atoms in total. The molecule has 1 saturated carbocycles. The van der Waals surface area contributed by atoms with E-state index in [4.69, 9.17) is 20.4 Å². The Morgan fingerprint density at radius 2 is 1.95 bits per heavy atom. The topological polar surface area (TPSA) is 118 Å². The molecule has 2 aliphatic carbocycles. The third-order valence-electron chi connectivity index (χ3n) is 9.16. The summed E-state index contributed by atoms with van der Waals surface area (Å²) < 4.78 is 6.20. The minimum atomic E-state index is 0.0606. The van der Waals surface area contributed by atoms with Gasteiger partial charge in [-0.25, -0.2) is 15.0 Å². The van der Waals surface area contributed by atoms with E-state index in [9.17, 15) is 0 Å². The third kappa shape index (κ3) is 3.42. The zero-order valence-corrected chi connectivity index (χ0v) is 21.9. The van der Waals surface area contributed by atoms with Crippen LogP contribution in [0, 0.1) is 5.41 Å². The summed E-state index contributed by atoms with van der Waals surface area (Å²) >= 11 is 1.54. The molecule has 0 amide bonds. The Morgan fingerprint density at radius 3 is 2.76 bits per heavy atom. The number of pyridine rings is 1. The van der Waals surface area contributed by atoms with Gasteiger partial charge in [-0.2, -0.15) is 5.10 Å². The average molecular weight is 527 g/mol. The zero-order valence-electron chi connectivity index (χ0n) is 21.1. The van der Waals surface area contributed by atoms with Crippen LogP contribution in [0.5, 0.6) is 5.75 Å². The number of nitrogens with two attached hydrogens (primary N) is 1. The van der Waals surface area contributed by atoms with E-state index < -0.39 is 0 Å². The number of hydrogen-bond acceptors (Lipinski definition) is 9. The van der Waals surface area contributed by atoms with Gasteiger partial charge < -0.3 is 20.7 Å². The van der Waals surface area contributed by atoms with Crippen LogP contribution >= 0.6 is 11.8 Å². The quantitative estimate of drug-likeness (QED) is 0.355. The molecule has 10 heteroatoms. The van der Waals surface area contributed by atoms with Gasteiger partial charge in [-0.15, -0.1) is 0 Å². The molecular formula is C28H30N8OS. The normalized spacial score (nSPS) is 22.6. The zero-order chi connectivity index (χ0) is 25.3. The Hall–Kier alpha value is -3.37. The molecule has 5 heterocycles. The Kier molecular flexibility index (Phi) is 4.94. The van der Waals surface area contributed by atoms with Gasteiger partial charge in [-0.1, -0.05) is 36.0 Å². The lowest BCUT2D eigenvalue weighted by atomic mass is 9.73. The van der Waals surface area contributed by atoms with Crippen LogP contribution in [-0.2, 0) is 6.42 Å². The van der Waals surface area contributed by atoms with Crippen molar-refractivity contribution in [1.29, 1.82) is 0 Å². The van der Waals surface area contributed by atoms with Crippen molar-refractivity contribution in [3.63, 3.8) is 0 Å². The Labute approximate surface area is 225 Å². The maximum atomic E-state index is 6.77. The summed E-state index contributed by atoms with van der Waals surface area (Å²) in [5, 5.41) is 12.1. The summed E-state index contributed by atoms with van der Waals surface area (Å²) in [5.74, 6) is 2.50. The van der Waals surface area contributed by atoms with Gasteiger partial charge in [0, 0.05) is 25.3 Å². The highest BCUT2D eigenvalue weighted by Gasteiger charge is 2.46. The number of nitrogens with one attached hydrogen (secondary N) is 2. The van der Waals surface area contributed by atoms with Crippen molar-refractivity contribution in [1.82, 2.24) is 25.1 Å². The second-order valence-electron chi connectivity index (χ2n) is 11.3. The first-order valence-electron chi connectivity index (χ1n) is 13.5. The number of piperidine rings is 1. The molecule has 1 aromatic carbocycles. The van der Waals surface area contributed by atoms with Crippen LogP contribution in [0.1, 0.15) is 49.3 Å². The van der Waals surface area contributed by atoms with E-state index in [-0.39, 0.29) is 17.0 Å². The summed E-state index contributed by atoms with van der Waals surface area (Å²) in [6.07, 6.45) is 10.4. The summed E-state index contributed by atoms with van der Waals surface area (Å²) in [4.78, 5) is 17.5. The number of fused-ring (bicyclic) bond motifs is 3. The lowest BCUT2D eigenvalue weighted by Gasteiger charge is -2.45. The predicted molar refractivity (Wildman–Crippen MR) is 147 cm³/mol. The van der Waals surface area contributed by atoms with E-state index in [0.29, 0.717) is 12.3 Å². The van der Waals surface area contributed by atoms with E-state index in [2.05, 4.69) is 49.7 Å². The number of aromatic nitrogens is 5. The first-order valence-corrected chi connectivity index (χ1v) is 14.3. The van der Waals surface area contributed by atoms with Crippen molar-refractivity contribution in [3.05, 3.63) is 53.9 Å². The third-order valence-corrected chi connectivity index (χ3v) is 10.2. The molecular weight excluding hydrogens is 496 g/mol. The number of anilines is 2. The van der Waals surface area contributed by atoms with Crippen LogP contribution in [0.15, 0.2) is 52.6 Å². The Balaban J connectivity index is 0.997. The minimum Gasteiger partial charge on any atom is -0.486 e. The largest absolute Gasteiger partial charge is 0.486 e. The summed E-state index contributed by atoms with van der Waals surface area (Å²) in [7, 11) is 0. The monoisotopic (exact) mass is 526 g/mol. The van der Waals surface area contributed by atoms with Crippen LogP contribution in [0.3, 0.4) is 0 Å². The highest BCUT2D eigenvalue weighted by molar-refractivity contribution is 7.99. The molecule has 4 aliphatic rings. The van der Waals surface area contributed by atoms with E-state index in [1.54, 1.807) is 0 Å². The van der Waals surface area contributed by atoms with Crippen molar-refractivity contribution in [2.75, 3.05) is 29.9 Å². The van der Waals surface area contributed by atoms with Crippen LogP contribution in [0.2, 0.25) is 0 Å². The number of ether oxygens (including phenoxy) is 1. The van der Waals surface area contributed by atoms with Crippen molar-refractivity contribution in [2.24, 2.45) is 11.1 Å². The van der Waals surface area contributed by atoms with Gasteiger partial charge in [0.05, 0.1) is 16.6 Å². The fraction of sp³-hybridized carbons (Fsp3) is 0.429. The van der Waals surface area contributed by atoms with Gasteiger partial charge in [0.15, 0.2) is 22.2 Å². The van der Waals surface area contributed by atoms with E-state index in [1.807, 2.05) is 18.5 Å². The highest BCUT2D eigenvalue weighted by Crippen LogP contribution is 2.51. The fourth-order valence-electron chi connectivity index (χ4n) is 6.70. The minimum absolute atomic E-state index is 0.0606. The molecule has 38 heavy (non-hydrogen) atoms. The number of rotatable bonds is 3. The SMILES string of the molecule is N[C@@H]1c2ccccc2CC12CCN(c1cnc3c(Sc4ccnc5c4OCC4(CCC4)N5)n[nH]c3n1)CC2. The Morgan fingerprint density at radius 1 is 1.08 bits per heavy atom. The highest BCUT2D eigenvalue weighted by atomic mass is 32.2. The van der Waals surface area contributed by atoms with Crippen molar-refractivity contribution in [2.45, 2.75) is 60.0 Å². The summed E-state index contributed by atoms with van der Waals surface area (Å²) in [5.41, 5.74) is 11.2. The van der Waals surface area contributed by atoms with Gasteiger partial charge in [0.2, 0.25) is 0 Å². The number of nitrogens with zero attached hydrogens (tertiary/aromatic N) is 5. The van der Waals surface area contributed by atoms with Crippen molar-refractivity contribution in [3.8, 4) is 5.75 Å². The number of benzene rings is 1. The molecule has 2 aliphatic heterocycles. The lowest BCUT2D eigenvalue weighted by Crippen LogP contribution is -2.52. The predicted octanol–water partition coefficient (Wildman–Crippen LogP) is 4.47. The molecule has 3 aromatic heterocycles. The maximum Gasteiger partial charge on any atom is 0.177 e. The van der Waals surface area contributed by atoms with Gasteiger partial charge >= 0.3 is 0 Å². The van der Waals surface area contributed by atoms with Crippen molar-refractivity contribution < 1.29 is 4.74 Å². The van der Waals surface area contributed by atoms with E-state index in [0.717, 1.165) is 78.0 Å². The number of aromatic amines is 1. The van der Waals surface area contributed by atoms with Gasteiger partial charge in [0.1, 0.15) is 17.9 Å². The van der Waals surface area contributed by atoms with Gasteiger partial charge in [-0.3, -0.25) is 5.10 Å². The fourth-order valence-corrected chi connectivity index (χ4v) is 7.62. The molecule has 1 saturated heterocycles. The average Bonchev–Trinajstić information content (AvgIpc) is 3.46. The molecule has 2 spiro atoms. The first kappa shape index (κ1) is 22.6. The molecule has 8 rings (SSSR count). The van der Waals surface area contributed by atoms with Crippen LogP contribution in [-0.4, -0.2) is 50.4 Å². The molecule has 0 radical (unpaired) electrons. The molecule has 0 unspecified atom stereocenters. The first-order chi connectivity index (χ1) is 18.6. The van der Waals surface area contributed by atoms with Gasteiger partial charge in [0.25, 0.3) is 0 Å². The molecule has 4 N–H and O–H groups in total. The molecule has 2 fully saturated rings. The maximum absolute atomic E-state index is 6.77. The lowest BCUT2D eigenvalue weighted by molar-refractivity contribution is 0.144. The molecule has 0 bridgehead atoms. The second kappa shape index (κ2) is 8.31. The van der Waals surface area contributed by atoms with Crippen LogP contribution in [0.25, 0.3) is 11.2 Å². The van der Waals surface area contributed by atoms with E-state index in [1.165, 1.54) is 29.3 Å². The number of hydrogen-bond donors (Lipinski definition) is 3. The summed E-state index contributed by atoms with van der Waals surface area (Å²) in [6.45, 7) is 2.52. The van der Waals surface area contributed by atoms with Gasteiger partial charge in [-0.05, 0) is 61.1 Å². The molecule has 4 aromatic rings. The smallest absolute Gasteiger partial charge is 0.177 e. The number of H-pyrrole nitrogens is 1.